The maximum absolute atomic E-state index is 12.7. The molecule has 0 saturated heterocycles. The van der Waals surface area contributed by atoms with E-state index >= 15 is 0 Å². The van der Waals surface area contributed by atoms with E-state index in [-0.39, 0.29) is 11.4 Å². The van der Waals surface area contributed by atoms with Gasteiger partial charge in [-0.3, -0.25) is 4.79 Å². The normalized spacial score (nSPS) is 11.6. The summed E-state index contributed by atoms with van der Waals surface area (Å²) in [7, 11) is -3.92. The van der Waals surface area contributed by atoms with Gasteiger partial charge in [0.25, 0.3) is 0 Å². The lowest BCUT2D eigenvalue weighted by atomic mass is 10.2. The van der Waals surface area contributed by atoms with Crippen molar-refractivity contribution in [2.75, 3.05) is 6.54 Å². The van der Waals surface area contributed by atoms with Gasteiger partial charge < -0.3 is 5.11 Å². The molecular formula is C15H13BrClNO4S. The molecule has 1 N–H and O–H groups in total. The highest BCUT2D eigenvalue weighted by atomic mass is 79.9. The van der Waals surface area contributed by atoms with E-state index in [1.165, 1.54) is 12.1 Å². The van der Waals surface area contributed by atoms with Crippen LogP contribution >= 0.6 is 27.5 Å². The van der Waals surface area contributed by atoms with Crippen molar-refractivity contribution in [3.63, 3.8) is 0 Å². The first-order valence-corrected chi connectivity index (χ1v) is 9.12. The van der Waals surface area contributed by atoms with Gasteiger partial charge in [-0.25, -0.2) is 8.42 Å². The number of hydrogen-bond donors (Lipinski definition) is 1. The van der Waals surface area contributed by atoms with Crippen LogP contribution in [0.5, 0.6) is 0 Å². The Morgan fingerprint density at radius 2 is 1.65 bits per heavy atom. The van der Waals surface area contributed by atoms with Crippen LogP contribution < -0.4 is 0 Å². The number of benzene rings is 2. The van der Waals surface area contributed by atoms with E-state index in [1.807, 2.05) is 0 Å². The predicted molar refractivity (Wildman–Crippen MR) is 90.8 cm³/mol. The largest absolute Gasteiger partial charge is 0.480 e. The lowest BCUT2D eigenvalue weighted by Gasteiger charge is -2.20. The Morgan fingerprint density at radius 1 is 1.09 bits per heavy atom. The molecule has 5 nitrogen and oxygen atoms in total. The van der Waals surface area contributed by atoms with Crippen molar-refractivity contribution in [2.45, 2.75) is 11.4 Å². The monoisotopic (exact) mass is 417 g/mol. The molecule has 2 aromatic carbocycles. The number of carboxylic acid groups (broad SMARTS) is 1. The van der Waals surface area contributed by atoms with Crippen molar-refractivity contribution < 1.29 is 18.3 Å². The van der Waals surface area contributed by atoms with Gasteiger partial charge >= 0.3 is 5.97 Å². The minimum atomic E-state index is -3.92. The van der Waals surface area contributed by atoms with Crippen LogP contribution in [0.2, 0.25) is 5.02 Å². The van der Waals surface area contributed by atoms with E-state index in [9.17, 15) is 13.2 Å². The Bertz CT molecular complexity index is 791. The van der Waals surface area contributed by atoms with Crippen LogP contribution in [0.25, 0.3) is 0 Å². The third-order valence-corrected chi connectivity index (χ3v) is 5.62. The van der Waals surface area contributed by atoms with E-state index < -0.39 is 22.5 Å². The van der Waals surface area contributed by atoms with Crippen molar-refractivity contribution in [1.82, 2.24) is 4.31 Å². The van der Waals surface area contributed by atoms with Crippen LogP contribution in [0.15, 0.2) is 57.9 Å². The highest BCUT2D eigenvalue weighted by Crippen LogP contribution is 2.21. The second-order valence-corrected chi connectivity index (χ2v) is 8.04. The molecule has 122 valence electrons. The fourth-order valence-corrected chi connectivity index (χ4v) is 3.69. The van der Waals surface area contributed by atoms with Crippen LogP contribution in [0.3, 0.4) is 0 Å². The van der Waals surface area contributed by atoms with Crippen LogP contribution in [-0.2, 0) is 21.4 Å². The van der Waals surface area contributed by atoms with Crippen molar-refractivity contribution in [2.24, 2.45) is 0 Å². The first kappa shape index (κ1) is 17.9. The van der Waals surface area contributed by atoms with Gasteiger partial charge in [0.1, 0.15) is 6.54 Å². The molecule has 0 aliphatic heterocycles. The number of carbonyl (C=O) groups is 1. The van der Waals surface area contributed by atoms with Gasteiger partial charge in [0.05, 0.1) is 4.90 Å². The van der Waals surface area contributed by atoms with Crippen LogP contribution in [-0.4, -0.2) is 30.3 Å². The van der Waals surface area contributed by atoms with Crippen LogP contribution in [0.4, 0.5) is 0 Å². The summed E-state index contributed by atoms with van der Waals surface area (Å²) in [6.07, 6.45) is 0. The summed E-state index contributed by atoms with van der Waals surface area (Å²) in [6.45, 7) is -0.678. The molecule has 0 fully saturated rings. The minimum Gasteiger partial charge on any atom is -0.480 e. The maximum Gasteiger partial charge on any atom is 0.318 e. The third kappa shape index (κ3) is 4.78. The van der Waals surface area contributed by atoms with Gasteiger partial charge in [0.15, 0.2) is 0 Å². The zero-order chi connectivity index (χ0) is 17.0. The van der Waals surface area contributed by atoms with Gasteiger partial charge in [-0.1, -0.05) is 39.7 Å². The molecule has 0 atom stereocenters. The smallest absolute Gasteiger partial charge is 0.318 e. The molecule has 0 spiro atoms. The fraction of sp³-hybridized carbons (Fsp3) is 0.133. The molecule has 0 aliphatic carbocycles. The van der Waals surface area contributed by atoms with E-state index in [4.69, 9.17) is 16.7 Å². The van der Waals surface area contributed by atoms with Crippen molar-refractivity contribution >= 4 is 43.5 Å². The van der Waals surface area contributed by atoms with E-state index in [2.05, 4.69) is 15.9 Å². The number of carboxylic acids is 1. The molecule has 0 bridgehead atoms. The first-order chi connectivity index (χ1) is 10.8. The number of hydrogen-bond acceptors (Lipinski definition) is 3. The molecule has 0 heterocycles. The van der Waals surface area contributed by atoms with E-state index in [0.717, 1.165) is 8.78 Å². The molecule has 0 radical (unpaired) electrons. The van der Waals surface area contributed by atoms with Crippen LogP contribution in [0, 0.1) is 0 Å². The number of sulfonamides is 1. The Labute approximate surface area is 147 Å². The molecular weight excluding hydrogens is 406 g/mol. The highest BCUT2D eigenvalue weighted by molar-refractivity contribution is 9.10. The standard InChI is InChI=1S/C15H13BrClNO4S/c16-12-3-7-14(8-4-12)23(21,22)18(10-15(19)20)9-11-1-5-13(17)6-2-11/h1-8H,9-10H2,(H,19,20). The first-order valence-electron chi connectivity index (χ1n) is 6.51. The average molecular weight is 419 g/mol. The summed E-state index contributed by atoms with van der Waals surface area (Å²) >= 11 is 9.04. The van der Waals surface area contributed by atoms with Crippen LogP contribution in [0.1, 0.15) is 5.56 Å². The minimum absolute atomic E-state index is 0.0379. The third-order valence-electron chi connectivity index (χ3n) is 3.04. The Morgan fingerprint density at radius 3 is 2.17 bits per heavy atom. The molecule has 2 aromatic rings. The summed E-state index contributed by atoms with van der Waals surface area (Å²) in [5.74, 6) is -1.22. The van der Waals surface area contributed by atoms with Crippen molar-refractivity contribution in [3.05, 3.63) is 63.6 Å². The summed E-state index contributed by atoms with van der Waals surface area (Å²) in [5, 5.41) is 9.55. The van der Waals surface area contributed by atoms with E-state index in [0.29, 0.717) is 10.6 Å². The fourth-order valence-electron chi connectivity index (χ4n) is 1.93. The molecule has 0 amide bonds. The molecule has 0 aliphatic rings. The summed E-state index contributed by atoms with van der Waals surface area (Å²) in [6, 6.07) is 12.6. The molecule has 0 aromatic heterocycles. The second-order valence-electron chi connectivity index (χ2n) is 4.75. The van der Waals surface area contributed by atoms with Gasteiger partial charge in [0.2, 0.25) is 10.0 Å². The molecule has 0 saturated carbocycles. The van der Waals surface area contributed by atoms with Gasteiger partial charge in [0, 0.05) is 16.0 Å². The zero-order valence-electron chi connectivity index (χ0n) is 11.8. The lowest BCUT2D eigenvalue weighted by molar-refractivity contribution is -0.137. The summed E-state index contributed by atoms with van der Waals surface area (Å²) in [4.78, 5) is 11.1. The highest BCUT2D eigenvalue weighted by Gasteiger charge is 2.26. The number of rotatable bonds is 6. The quantitative estimate of drug-likeness (QED) is 0.780. The van der Waals surface area contributed by atoms with Crippen molar-refractivity contribution in [1.29, 1.82) is 0 Å². The topological polar surface area (TPSA) is 74.7 Å². The number of nitrogens with zero attached hydrogens (tertiary/aromatic N) is 1. The molecule has 2 rings (SSSR count). The lowest BCUT2D eigenvalue weighted by Crippen LogP contribution is -2.35. The van der Waals surface area contributed by atoms with Gasteiger partial charge in [-0.05, 0) is 42.0 Å². The van der Waals surface area contributed by atoms with Gasteiger partial charge in [-0.2, -0.15) is 4.31 Å². The van der Waals surface area contributed by atoms with E-state index in [1.54, 1.807) is 36.4 Å². The summed E-state index contributed by atoms with van der Waals surface area (Å²) < 4.78 is 27.0. The molecule has 0 unspecified atom stereocenters. The Kier molecular flexibility index (Phi) is 5.80. The number of halogens is 2. The predicted octanol–water partition coefficient (Wildman–Crippen LogP) is 3.38. The maximum atomic E-state index is 12.7. The van der Waals surface area contributed by atoms with Crippen molar-refractivity contribution in [3.8, 4) is 0 Å². The average Bonchev–Trinajstić information content (AvgIpc) is 2.49. The summed E-state index contributed by atoms with van der Waals surface area (Å²) in [5.41, 5.74) is 0.649. The zero-order valence-corrected chi connectivity index (χ0v) is 15.0. The van der Waals surface area contributed by atoms with Gasteiger partial charge in [-0.15, -0.1) is 0 Å². The number of aliphatic carboxylic acids is 1. The second kappa shape index (κ2) is 7.44. The molecule has 23 heavy (non-hydrogen) atoms. The SMILES string of the molecule is O=C(O)CN(Cc1ccc(Cl)cc1)S(=O)(=O)c1ccc(Br)cc1. The Balaban J connectivity index is 2.34. The molecule has 8 heteroatoms. The Hall–Kier alpha value is -1.41.